The van der Waals surface area contributed by atoms with Crippen molar-refractivity contribution in [3.05, 3.63) is 18.6 Å². The van der Waals surface area contributed by atoms with E-state index in [1.54, 1.807) is 0 Å². The summed E-state index contributed by atoms with van der Waals surface area (Å²) in [7, 11) is 0. The molecular weight excluding hydrogens is 60.1 g/mol. The van der Waals surface area contributed by atoms with Crippen LogP contribution in [-0.4, -0.2) is 0 Å². The molecule has 0 unspecified atom stereocenters. The molecule has 0 aromatic carbocycles. The van der Waals surface area contributed by atoms with Gasteiger partial charge in [-0.3, -0.25) is 0 Å². The molecule has 0 nitrogen and oxygen atoms in total. The Morgan fingerprint density at radius 1 is 1.80 bits per heavy atom. The normalized spacial score (nSPS) is 12.2. The predicted octanol–water partition coefficient (Wildman–Crippen LogP) is 1.66. The van der Waals surface area contributed by atoms with Gasteiger partial charge >= 0.3 is 0 Å². The van der Waals surface area contributed by atoms with Gasteiger partial charge in [0.2, 0.25) is 0 Å². The molecule has 0 aromatic rings. The smallest absolute Gasteiger partial charge is 0.00631 e. The molecule has 0 aromatic heterocycles. The van der Waals surface area contributed by atoms with E-state index in [1.807, 2.05) is 19.9 Å². The molecule has 0 amide bonds. The Kier molecular flexibility index (Phi) is 1.90. The standard InChI is InChI=1S/C5H8/c1-4-5(2)3/h2,4H,1,3H3/b5-4-. The Bertz CT molecular complexity index is 38.0. The molecule has 0 heterocycles. The van der Waals surface area contributed by atoms with E-state index in [1.165, 1.54) is 0 Å². The fraction of sp³-hybridized carbons (Fsp3) is 0.400. The third kappa shape index (κ3) is 3.74. The minimum Gasteiger partial charge on any atom is -0.0884 e. The van der Waals surface area contributed by atoms with Gasteiger partial charge in [0.1, 0.15) is 0 Å². The van der Waals surface area contributed by atoms with Gasteiger partial charge in [0.25, 0.3) is 0 Å². The van der Waals surface area contributed by atoms with Crippen LogP contribution in [0.25, 0.3) is 0 Å². The third-order valence-corrected chi connectivity index (χ3v) is 0.455. The van der Waals surface area contributed by atoms with Crippen molar-refractivity contribution in [3.63, 3.8) is 0 Å². The molecule has 0 bridgehead atoms. The van der Waals surface area contributed by atoms with Crippen LogP contribution in [0.3, 0.4) is 0 Å². The second-order valence-electron chi connectivity index (χ2n) is 1.03. The van der Waals surface area contributed by atoms with Crippen molar-refractivity contribution < 1.29 is 0 Å². The van der Waals surface area contributed by atoms with Gasteiger partial charge < -0.3 is 0 Å². The van der Waals surface area contributed by atoms with Crippen molar-refractivity contribution in [2.45, 2.75) is 13.8 Å². The summed E-state index contributed by atoms with van der Waals surface area (Å²) < 4.78 is 0. The summed E-state index contributed by atoms with van der Waals surface area (Å²) in [5.74, 6) is 0. The van der Waals surface area contributed by atoms with Crippen LogP contribution in [0.5, 0.6) is 0 Å². The molecule has 5 heavy (non-hydrogen) atoms. The summed E-state index contributed by atoms with van der Waals surface area (Å²) in [5.41, 5.74) is 0.880. The SMILES string of the molecule is [CH]/C(C)=C/C. The number of hydrogen-bond acceptors (Lipinski definition) is 0. The summed E-state index contributed by atoms with van der Waals surface area (Å²) in [4.78, 5) is 0. The Morgan fingerprint density at radius 2 is 2.00 bits per heavy atom. The van der Waals surface area contributed by atoms with Crippen LogP contribution in [0, 0.1) is 6.92 Å². The van der Waals surface area contributed by atoms with Crippen molar-refractivity contribution in [3.8, 4) is 0 Å². The number of rotatable bonds is 0. The Labute approximate surface area is 33.5 Å². The van der Waals surface area contributed by atoms with E-state index in [0.717, 1.165) is 5.57 Å². The molecule has 2 radical (unpaired) electrons. The van der Waals surface area contributed by atoms with E-state index >= 15 is 0 Å². The molecule has 0 spiro atoms. The van der Waals surface area contributed by atoms with Crippen molar-refractivity contribution in [2.75, 3.05) is 0 Å². The summed E-state index contributed by atoms with van der Waals surface area (Å²) in [5, 5.41) is 0. The maximum atomic E-state index is 5.15. The highest BCUT2D eigenvalue weighted by atomic mass is 13.7. The van der Waals surface area contributed by atoms with Crippen molar-refractivity contribution in [2.24, 2.45) is 0 Å². The van der Waals surface area contributed by atoms with Crippen molar-refractivity contribution >= 4 is 0 Å². The molecule has 0 saturated carbocycles. The fourth-order valence-corrected chi connectivity index (χ4v) is 0. The lowest BCUT2D eigenvalue weighted by atomic mass is 10.3. The van der Waals surface area contributed by atoms with Crippen LogP contribution < -0.4 is 0 Å². The molecule has 0 fully saturated rings. The van der Waals surface area contributed by atoms with Gasteiger partial charge in [0, 0.05) is 0 Å². The van der Waals surface area contributed by atoms with E-state index < -0.39 is 0 Å². The second kappa shape index (κ2) is 2.01. The van der Waals surface area contributed by atoms with Gasteiger partial charge in [-0.25, -0.2) is 0 Å². The quantitative estimate of drug-likeness (QED) is 0.405. The molecule has 0 N–H and O–H groups in total. The van der Waals surface area contributed by atoms with Crippen LogP contribution in [0.1, 0.15) is 13.8 Å². The minimum absolute atomic E-state index is 0.880. The molecule has 0 rings (SSSR count). The zero-order valence-electron chi connectivity index (χ0n) is 3.65. The van der Waals surface area contributed by atoms with Gasteiger partial charge in [0.15, 0.2) is 0 Å². The molecule has 0 aliphatic heterocycles. The van der Waals surface area contributed by atoms with E-state index in [-0.39, 0.29) is 0 Å². The third-order valence-electron chi connectivity index (χ3n) is 0.455. The average molecular weight is 68.1 g/mol. The van der Waals surface area contributed by atoms with E-state index in [2.05, 4.69) is 0 Å². The van der Waals surface area contributed by atoms with Gasteiger partial charge in [0.05, 0.1) is 0 Å². The predicted molar refractivity (Wildman–Crippen MR) is 23.7 cm³/mol. The average Bonchev–Trinajstić information content (AvgIpc) is 1.38. The summed E-state index contributed by atoms with van der Waals surface area (Å²) in [6.07, 6.45) is 1.86. The van der Waals surface area contributed by atoms with E-state index in [4.69, 9.17) is 6.92 Å². The maximum absolute atomic E-state index is 5.15. The van der Waals surface area contributed by atoms with Crippen LogP contribution in [0.2, 0.25) is 0 Å². The van der Waals surface area contributed by atoms with Crippen molar-refractivity contribution in [1.29, 1.82) is 0 Å². The first-order valence-electron chi connectivity index (χ1n) is 1.65. The number of hydrogen-bond donors (Lipinski definition) is 0. The fourth-order valence-electron chi connectivity index (χ4n) is 0. The highest BCUT2D eigenvalue weighted by molar-refractivity contribution is 4.97. The molecule has 0 aliphatic rings. The largest absolute Gasteiger partial charge is 0.0884 e. The van der Waals surface area contributed by atoms with Gasteiger partial charge in [-0.1, -0.05) is 11.6 Å². The highest BCUT2D eigenvalue weighted by Crippen LogP contribution is 1.81. The summed E-state index contributed by atoms with van der Waals surface area (Å²) >= 11 is 0. The Balaban J connectivity index is 3.14. The highest BCUT2D eigenvalue weighted by Gasteiger charge is 1.61. The van der Waals surface area contributed by atoms with Gasteiger partial charge in [-0.15, -0.1) is 0 Å². The maximum Gasteiger partial charge on any atom is -0.00631 e. The molecule has 0 atom stereocenters. The van der Waals surface area contributed by atoms with Crippen LogP contribution in [0.15, 0.2) is 11.6 Å². The lowest BCUT2D eigenvalue weighted by Crippen LogP contribution is -1.53. The molecule has 28 valence electrons. The molecule has 0 heteroatoms. The Morgan fingerprint density at radius 3 is 2.00 bits per heavy atom. The van der Waals surface area contributed by atoms with Gasteiger partial charge in [-0.05, 0) is 20.8 Å². The van der Waals surface area contributed by atoms with Crippen molar-refractivity contribution in [1.82, 2.24) is 0 Å². The summed E-state index contributed by atoms with van der Waals surface area (Å²) in [6, 6.07) is 0. The minimum atomic E-state index is 0.880. The number of allylic oxidation sites excluding steroid dienone is 2. The van der Waals surface area contributed by atoms with Gasteiger partial charge in [-0.2, -0.15) is 0 Å². The van der Waals surface area contributed by atoms with Crippen LogP contribution in [-0.2, 0) is 0 Å². The topological polar surface area (TPSA) is 0 Å². The van der Waals surface area contributed by atoms with Crippen LogP contribution >= 0.6 is 0 Å². The van der Waals surface area contributed by atoms with E-state index in [9.17, 15) is 0 Å². The van der Waals surface area contributed by atoms with E-state index in [0.29, 0.717) is 0 Å². The lowest BCUT2D eigenvalue weighted by Gasteiger charge is -1.73. The second-order valence-corrected chi connectivity index (χ2v) is 1.03. The summed E-state index contributed by atoms with van der Waals surface area (Å²) in [6.45, 7) is 8.93. The first-order chi connectivity index (χ1) is 2.27. The lowest BCUT2D eigenvalue weighted by molar-refractivity contribution is 1.49. The zero-order valence-corrected chi connectivity index (χ0v) is 3.65. The zero-order chi connectivity index (χ0) is 4.28. The van der Waals surface area contributed by atoms with Crippen LogP contribution in [0.4, 0.5) is 0 Å². The first kappa shape index (κ1) is 4.74. The monoisotopic (exact) mass is 68.1 g/mol. The molecule has 0 aliphatic carbocycles. The molecular formula is C5H8. The Hall–Kier alpha value is -0.260. The molecule has 0 saturated heterocycles. The first-order valence-corrected chi connectivity index (χ1v) is 1.65.